The summed E-state index contributed by atoms with van der Waals surface area (Å²) in [5.41, 5.74) is 0. The van der Waals surface area contributed by atoms with Crippen LogP contribution < -0.4 is 0 Å². The number of aldehydes is 1. The number of aliphatic hydroxyl groups is 1. The molecule has 200 valence electrons. The molecule has 1 N–H and O–H groups in total. The summed E-state index contributed by atoms with van der Waals surface area (Å²) in [4.78, 5) is 9.17. The van der Waals surface area contributed by atoms with Crippen LogP contribution in [0.4, 0.5) is 0 Å². The fourth-order valence-electron chi connectivity index (χ4n) is 3.03. The first-order valence-corrected chi connectivity index (χ1v) is 17.7. The molecule has 1 aliphatic carbocycles. The quantitative estimate of drug-likeness (QED) is 0.0806. The van der Waals surface area contributed by atoms with Crippen molar-refractivity contribution in [3.05, 3.63) is 0 Å². The zero-order valence-corrected chi connectivity index (χ0v) is 29.4. The molecule has 0 radical (unpaired) electrons. The molecule has 4 heteroatoms. The van der Waals surface area contributed by atoms with Gasteiger partial charge in [0.25, 0.3) is 0 Å². The van der Waals surface area contributed by atoms with Gasteiger partial charge in [-0.25, -0.2) is 0 Å². The Balaban J connectivity index is -0.000000104. The Morgan fingerprint density at radius 1 is 0.879 bits per heavy atom. The van der Waals surface area contributed by atoms with Crippen molar-refractivity contribution in [2.75, 3.05) is 4.43 Å². The van der Waals surface area contributed by atoms with E-state index in [0.29, 0.717) is 6.42 Å². The molecule has 1 fully saturated rings. The van der Waals surface area contributed by atoms with E-state index in [4.69, 9.17) is 5.11 Å². The van der Waals surface area contributed by atoms with E-state index in [2.05, 4.69) is 55.4 Å². The molecule has 0 aromatic heterocycles. The van der Waals surface area contributed by atoms with Crippen LogP contribution in [0.15, 0.2) is 0 Å². The molecular weight excluding hydrogens is 573 g/mol. The Labute approximate surface area is 234 Å². The fraction of sp³-hybridized carbons (Fsp3) is 0.931. The van der Waals surface area contributed by atoms with Gasteiger partial charge in [0.1, 0.15) is 6.29 Å². The van der Waals surface area contributed by atoms with E-state index in [0.717, 1.165) is 48.8 Å². The van der Waals surface area contributed by atoms with Gasteiger partial charge in [-0.05, 0) is 35.5 Å². The predicted molar refractivity (Wildman–Crippen MR) is 160 cm³/mol. The van der Waals surface area contributed by atoms with Crippen molar-refractivity contribution in [3.63, 3.8) is 0 Å². The molecule has 33 heavy (non-hydrogen) atoms. The monoisotopic (exact) mass is 634 g/mol. The second kappa shape index (κ2) is 46.2. The Morgan fingerprint density at radius 3 is 1.55 bits per heavy atom. The number of carbonyl (C=O) groups is 1. The topological polar surface area (TPSA) is 37.3 Å². The number of alkyl halides is 1. The summed E-state index contributed by atoms with van der Waals surface area (Å²) in [5, 5.41) is 12.5. The standard InChI is InChI=1S/C9H20O.C8H16.C6H13I.C3H6O.C2H6.CH2.Zn/c1-3-5-6-7-8-9(10)4-2;1-7-5-3-4-6-8(7)2;1-2-3-4-5-6-7;1-2-3-4;1-2;;/h9-10H,3-8H2,1-2H3;7-8H,3-6H2,1-2H3;2-6H2,1H3;3H,2H2,1H3;1-2H3;1H2;. The second-order valence-corrected chi connectivity index (χ2v) is 9.55. The van der Waals surface area contributed by atoms with E-state index in [1.165, 1.54) is 81.5 Å². The zero-order chi connectivity index (χ0) is 26.8. The van der Waals surface area contributed by atoms with Gasteiger partial charge in [0.05, 0.1) is 6.10 Å². The Hall–Kier alpha value is 0.853. The van der Waals surface area contributed by atoms with Crippen LogP contribution in [0.25, 0.3) is 0 Å². The van der Waals surface area contributed by atoms with Gasteiger partial charge in [0, 0.05) is 6.42 Å². The van der Waals surface area contributed by atoms with Crippen LogP contribution in [0.1, 0.15) is 152 Å². The molecule has 0 aromatic rings. The van der Waals surface area contributed by atoms with Gasteiger partial charge < -0.3 is 9.90 Å². The molecule has 3 atom stereocenters. The third-order valence-electron chi connectivity index (χ3n) is 5.56. The Morgan fingerprint density at radius 2 is 1.27 bits per heavy atom. The summed E-state index contributed by atoms with van der Waals surface area (Å²) in [6.45, 7) is 17.1. The minimum atomic E-state index is -0.0446. The summed E-state index contributed by atoms with van der Waals surface area (Å²) < 4.78 is 1.33. The summed E-state index contributed by atoms with van der Waals surface area (Å²) in [6.07, 6.45) is 20.0. The zero-order valence-electron chi connectivity index (χ0n) is 24.3. The summed E-state index contributed by atoms with van der Waals surface area (Å²) in [6, 6.07) is 0. The minimum absolute atomic E-state index is 0.0446. The normalized spacial score (nSPS) is 16.8. The van der Waals surface area contributed by atoms with Gasteiger partial charge in [0.2, 0.25) is 0 Å². The number of halogens is 1. The number of hydrogen-bond donors (Lipinski definition) is 1. The van der Waals surface area contributed by atoms with Crippen LogP contribution in [0.5, 0.6) is 0 Å². The summed E-state index contributed by atoms with van der Waals surface area (Å²) in [7, 11) is 0. The van der Waals surface area contributed by atoms with Gasteiger partial charge in [-0.1, -0.05) is 149 Å². The maximum atomic E-state index is 9.17. The molecule has 1 aliphatic rings. The molecule has 0 spiro atoms. The molecule has 0 amide bonds. The third kappa shape index (κ3) is 50.6. The molecule has 0 bridgehead atoms. The van der Waals surface area contributed by atoms with Crippen molar-refractivity contribution in [2.45, 2.75) is 158 Å². The van der Waals surface area contributed by atoms with Crippen molar-refractivity contribution in [1.29, 1.82) is 0 Å². The van der Waals surface area contributed by atoms with E-state index >= 15 is 0 Å². The Kier molecular flexibility index (Phi) is 61.5. The van der Waals surface area contributed by atoms with Crippen LogP contribution in [0.2, 0.25) is 0 Å². The first-order chi connectivity index (χ1) is 15.9. The summed E-state index contributed by atoms with van der Waals surface area (Å²) >= 11 is 3.55. The number of hydrogen-bond acceptors (Lipinski definition) is 2. The average Bonchev–Trinajstić information content (AvgIpc) is 2.87. The molecular formula is C29H63IO2Zn. The number of carbonyl (C=O) groups excluding carboxylic acids is 1. The van der Waals surface area contributed by atoms with Crippen molar-refractivity contribution >= 4 is 34.0 Å². The SMILES string of the molecule is CC.CC1CCCCC1C.CCC=O.CCCCCCC(O)CC.CCCCCCI.[CH2]=[Zn]. The van der Waals surface area contributed by atoms with Crippen molar-refractivity contribution in [1.82, 2.24) is 0 Å². The fourth-order valence-corrected chi connectivity index (χ4v) is 3.57. The van der Waals surface area contributed by atoms with Gasteiger partial charge >= 0.3 is 23.0 Å². The van der Waals surface area contributed by atoms with Crippen LogP contribution in [0.3, 0.4) is 0 Å². The van der Waals surface area contributed by atoms with Crippen LogP contribution in [0, 0.1) is 11.8 Å². The molecule has 0 heterocycles. The first kappa shape index (κ1) is 43.9. The third-order valence-corrected chi connectivity index (χ3v) is 6.32. The van der Waals surface area contributed by atoms with Gasteiger partial charge in [-0.15, -0.1) is 0 Å². The molecule has 2 nitrogen and oxygen atoms in total. The molecule has 1 saturated carbocycles. The van der Waals surface area contributed by atoms with E-state index in [9.17, 15) is 4.79 Å². The maximum absolute atomic E-state index is 9.17. The van der Waals surface area contributed by atoms with E-state index in [1.54, 1.807) is 0 Å². The number of unbranched alkanes of at least 4 members (excludes halogenated alkanes) is 6. The predicted octanol–water partition coefficient (Wildman–Crippen LogP) is 10.1. The van der Waals surface area contributed by atoms with Gasteiger partial charge in [0.15, 0.2) is 0 Å². The number of aliphatic hydroxyl groups excluding tert-OH is 1. The summed E-state index contributed by atoms with van der Waals surface area (Å²) in [5.74, 6) is 2.01. The van der Waals surface area contributed by atoms with Crippen LogP contribution >= 0.6 is 22.6 Å². The molecule has 0 aliphatic heterocycles. The molecule has 3 unspecified atom stereocenters. The molecule has 1 rings (SSSR count). The van der Waals surface area contributed by atoms with E-state index in [-0.39, 0.29) is 6.10 Å². The van der Waals surface area contributed by atoms with E-state index < -0.39 is 0 Å². The molecule has 0 aromatic carbocycles. The van der Waals surface area contributed by atoms with Gasteiger partial charge in [-0.2, -0.15) is 0 Å². The average molecular weight is 636 g/mol. The first-order valence-electron chi connectivity index (χ1n) is 14.1. The van der Waals surface area contributed by atoms with Crippen molar-refractivity contribution in [3.8, 4) is 0 Å². The van der Waals surface area contributed by atoms with Crippen LogP contribution in [-0.4, -0.2) is 27.0 Å². The van der Waals surface area contributed by atoms with Gasteiger partial charge in [-0.3, -0.25) is 0 Å². The molecule has 0 saturated heterocycles. The number of rotatable bonds is 11. The van der Waals surface area contributed by atoms with E-state index in [1.807, 2.05) is 27.7 Å². The van der Waals surface area contributed by atoms with Crippen molar-refractivity contribution in [2.24, 2.45) is 11.8 Å². The Bertz CT molecular complexity index is 289. The van der Waals surface area contributed by atoms with Crippen molar-refractivity contribution < 1.29 is 27.8 Å². The van der Waals surface area contributed by atoms with Crippen LogP contribution in [-0.2, 0) is 22.6 Å². The second-order valence-electron chi connectivity index (χ2n) is 8.47.